The zero-order valence-electron chi connectivity index (χ0n) is 17.3. The molecular formula is C26H17FO5. The average Bonchev–Trinajstić information content (AvgIpc) is 3.18. The number of benzene rings is 3. The van der Waals surface area contributed by atoms with Crippen LogP contribution >= 0.6 is 0 Å². The second kappa shape index (κ2) is 7.50. The maximum atomic E-state index is 14.9. The average molecular weight is 428 g/mol. The second-order valence-electron chi connectivity index (χ2n) is 7.41. The molecule has 32 heavy (non-hydrogen) atoms. The number of ketones is 1. The van der Waals surface area contributed by atoms with Crippen molar-refractivity contribution in [1.29, 1.82) is 0 Å². The molecule has 2 heterocycles. The molecule has 0 saturated heterocycles. The van der Waals surface area contributed by atoms with E-state index in [-0.39, 0.29) is 22.5 Å². The molecule has 0 N–H and O–H groups in total. The highest BCUT2D eigenvalue weighted by molar-refractivity contribution is 6.20. The van der Waals surface area contributed by atoms with E-state index in [0.29, 0.717) is 33.2 Å². The van der Waals surface area contributed by atoms with Crippen LogP contribution in [0.4, 0.5) is 4.39 Å². The minimum atomic E-state index is -0.538. The summed E-state index contributed by atoms with van der Waals surface area (Å²) < 4.78 is 31.7. The van der Waals surface area contributed by atoms with Gasteiger partial charge in [-0.1, -0.05) is 30.3 Å². The lowest BCUT2D eigenvalue weighted by Crippen LogP contribution is -2.03. The molecule has 0 spiro atoms. The van der Waals surface area contributed by atoms with Gasteiger partial charge in [0.2, 0.25) is 5.78 Å². The predicted molar refractivity (Wildman–Crippen MR) is 119 cm³/mol. The van der Waals surface area contributed by atoms with Crippen LogP contribution in [0.25, 0.3) is 33.1 Å². The molecule has 5 nitrogen and oxygen atoms in total. The van der Waals surface area contributed by atoms with Gasteiger partial charge in [0.05, 0.1) is 12.5 Å². The number of fused-ring (bicyclic) bond motifs is 3. The van der Waals surface area contributed by atoms with Crippen molar-refractivity contribution < 1.29 is 22.8 Å². The molecule has 0 aliphatic carbocycles. The number of carbonyl (C=O) groups excluding carboxylic acids is 1. The molecule has 158 valence electrons. The minimum absolute atomic E-state index is 0.0463. The van der Waals surface area contributed by atoms with Gasteiger partial charge in [0.15, 0.2) is 5.76 Å². The van der Waals surface area contributed by atoms with E-state index in [4.69, 9.17) is 13.6 Å². The van der Waals surface area contributed by atoms with Crippen LogP contribution in [0.15, 0.2) is 80.4 Å². The van der Waals surface area contributed by atoms with E-state index < -0.39 is 17.2 Å². The molecule has 5 rings (SSSR count). The maximum Gasteiger partial charge on any atom is 0.336 e. The Kier molecular flexibility index (Phi) is 4.63. The van der Waals surface area contributed by atoms with Crippen LogP contribution in [0.2, 0.25) is 0 Å². The first-order valence-electron chi connectivity index (χ1n) is 9.91. The Labute approximate surface area is 181 Å². The van der Waals surface area contributed by atoms with E-state index in [0.717, 1.165) is 0 Å². The lowest BCUT2D eigenvalue weighted by molar-refractivity contribution is 0.101. The van der Waals surface area contributed by atoms with Gasteiger partial charge in [-0.25, -0.2) is 9.18 Å². The fourth-order valence-electron chi connectivity index (χ4n) is 3.94. The van der Waals surface area contributed by atoms with Crippen LogP contribution in [-0.4, -0.2) is 12.9 Å². The van der Waals surface area contributed by atoms with Crippen molar-refractivity contribution in [3.63, 3.8) is 0 Å². The maximum absolute atomic E-state index is 14.9. The highest BCUT2D eigenvalue weighted by Gasteiger charge is 2.27. The van der Waals surface area contributed by atoms with Crippen molar-refractivity contribution in [2.45, 2.75) is 6.92 Å². The number of carbonyl (C=O) groups is 1. The molecule has 0 radical (unpaired) electrons. The Hall–Kier alpha value is -4.19. The largest absolute Gasteiger partial charge is 0.497 e. The van der Waals surface area contributed by atoms with Crippen molar-refractivity contribution in [1.82, 2.24) is 0 Å². The van der Waals surface area contributed by atoms with Gasteiger partial charge in [0.25, 0.3) is 0 Å². The molecule has 0 saturated carbocycles. The first-order chi connectivity index (χ1) is 15.5. The Morgan fingerprint density at radius 3 is 2.56 bits per heavy atom. The summed E-state index contributed by atoms with van der Waals surface area (Å²) in [6, 6.07) is 17.6. The monoisotopic (exact) mass is 428 g/mol. The van der Waals surface area contributed by atoms with Crippen LogP contribution < -0.4 is 10.4 Å². The molecule has 0 aliphatic heterocycles. The van der Waals surface area contributed by atoms with Gasteiger partial charge < -0.3 is 13.6 Å². The molecule has 3 aromatic carbocycles. The van der Waals surface area contributed by atoms with E-state index in [1.807, 2.05) is 0 Å². The fourth-order valence-corrected chi connectivity index (χ4v) is 3.94. The first-order valence-corrected chi connectivity index (χ1v) is 9.91. The zero-order chi connectivity index (χ0) is 22.4. The summed E-state index contributed by atoms with van der Waals surface area (Å²) in [4.78, 5) is 25.6. The minimum Gasteiger partial charge on any atom is -0.497 e. The van der Waals surface area contributed by atoms with Gasteiger partial charge >= 0.3 is 5.63 Å². The van der Waals surface area contributed by atoms with Gasteiger partial charge in [-0.15, -0.1) is 0 Å². The number of methoxy groups -OCH3 is 1. The number of furan rings is 1. The summed E-state index contributed by atoms with van der Waals surface area (Å²) in [5, 5.41) is 1.05. The fraction of sp³-hybridized carbons (Fsp3) is 0.0769. The molecule has 2 aromatic heterocycles. The van der Waals surface area contributed by atoms with E-state index in [1.165, 1.54) is 19.2 Å². The third-order valence-corrected chi connectivity index (χ3v) is 5.45. The van der Waals surface area contributed by atoms with Crippen LogP contribution in [0.5, 0.6) is 5.75 Å². The third-order valence-electron chi connectivity index (χ3n) is 5.45. The smallest absolute Gasteiger partial charge is 0.336 e. The van der Waals surface area contributed by atoms with Crippen molar-refractivity contribution in [2.24, 2.45) is 0 Å². The van der Waals surface area contributed by atoms with Crippen molar-refractivity contribution in [3.05, 3.63) is 99.9 Å². The molecule has 0 aliphatic rings. The van der Waals surface area contributed by atoms with Crippen molar-refractivity contribution in [3.8, 4) is 16.9 Å². The molecule has 5 aromatic rings. The standard InChI is InChI=1S/C26H17FO5/c1-14-12-21(28)32-25-17(14)10-11-20-23(25)22(18-8-3-4-9-19(18)27)26(31-20)24(29)15-6-5-7-16(13-15)30-2/h3-13H,1-2H3. The summed E-state index contributed by atoms with van der Waals surface area (Å²) in [6.45, 7) is 1.79. The predicted octanol–water partition coefficient (Wildman–Crippen LogP) is 5.89. The van der Waals surface area contributed by atoms with E-state index in [1.54, 1.807) is 61.5 Å². The highest BCUT2D eigenvalue weighted by atomic mass is 19.1. The van der Waals surface area contributed by atoms with Gasteiger partial charge in [-0.05, 0) is 42.8 Å². The molecular weight excluding hydrogens is 411 g/mol. The van der Waals surface area contributed by atoms with Gasteiger partial charge in [0, 0.05) is 28.1 Å². The number of hydrogen-bond donors (Lipinski definition) is 0. The normalized spacial score (nSPS) is 11.2. The number of aryl methyl sites for hydroxylation is 1. The Balaban J connectivity index is 1.90. The van der Waals surface area contributed by atoms with Crippen LogP contribution in [0.3, 0.4) is 0 Å². The quantitative estimate of drug-likeness (QED) is 0.264. The topological polar surface area (TPSA) is 69.7 Å². The van der Waals surface area contributed by atoms with Crippen LogP contribution in [0, 0.1) is 12.7 Å². The number of rotatable bonds is 4. The lowest BCUT2D eigenvalue weighted by Gasteiger charge is -2.07. The van der Waals surface area contributed by atoms with Gasteiger partial charge in [-0.3, -0.25) is 4.79 Å². The highest BCUT2D eigenvalue weighted by Crippen LogP contribution is 2.41. The van der Waals surface area contributed by atoms with Gasteiger partial charge in [0.1, 0.15) is 22.7 Å². The summed E-state index contributed by atoms with van der Waals surface area (Å²) in [6.07, 6.45) is 0. The molecule has 0 atom stereocenters. The Morgan fingerprint density at radius 2 is 1.78 bits per heavy atom. The number of hydrogen-bond acceptors (Lipinski definition) is 5. The summed E-state index contributed by atoms with van der Waals surface area (Å²) >= 11 is 0. The molecule has 0 unspecified atom stereocenters. The van der Waals surface area contributed by atoms with E-state index >= 15 is 0 Å². The zero-order valence-corrected chi connectivity index (χ0v) is 17.3. The first kappa shape index (κ1) is 19.8. The number of halogens is 1. The summed E-state index contributed by atoms with van der Waals surface area (Å²) in [5.41, 5.74) is 1.47. The molecule has 6 heteroatoms. The van der Waals surface area contributed by atoms with Crippen LogP contribution in [0.1, 0.15) is 21.7 Å². The van der Waals surface area contributed by atoms with Crippen LogP contribution in [-0.2, 0) is 0 Å². The van der Waals surface area contributed by atoms with E-state index in [9.17, 15) is 14.0 Å². The molecule has 0 amide bonds. The Bertz CT molecular complexity index is 1580. The third kappa shape index (κ3) is 3.08. The summed E-state index contributed by atoms with van der Waals surface area (Å²) in [7, 11) is 1.51. The van der Waals surface area contributed by atoms with Crippen molar-refractivity contribution >= 4 is 27.7 Å². The molecule has 0 bridgehead atoms. The Morgan fingerprint density at radius 1 is 0.969 bits per heavy atom. The second-order valence-corrected chi connectivity index (χ2v) is 7.41. The van der Waals surface area contributed by atoms with Crippen molar-refractivity contribution in [2.75, 3.05) is 7.11 Å². The SMILES string of the molecule is COc1cccc(C(=O)c2oc3ccc4c(C)cc(=O)oc4c3c2-c2ccccc2F)c1. The lowest BCUT2D eigenvalue weighted by atomic mass is 9.96. The molecule has 0 fully saturated rings. The summed E-state index contributed by atoms with van der Waals surface area (Å²) in [5.74, 6) is -0.509. The van der Waals surface area contributed by atoms with Gasteiger partial charge in [-0.2, -0.15) is 0 Å². The van der Waals surface area contributed by atoms with E-state index in [2.05, 4.69) is 0 Å². The number of ether oxygens (including phenoxy) is 1.